The van der Waals surface area contributed by atoms with Crippen LogP contribution in [0.3, 0.4) is 0 Å². The highest BCUT2D eigenvalue weighted by Crippen LogP contribution is 2.20. The number of esters is 1. The van der Waals surface area contributed by atoms with Crippen LogP contribution in [-0.4, -0.2) is 53.6 Å². The third kappa shape index (κ3) is 9.70. The molecule has 7 heteroatoms. The Balaban J connectivity index is 1.53. The van der Waals surface area contributed by atoms with E-state index < -0.39 is 12.0 Å². The van der Waals surface area contributed by atoms with Gasteiger partial charge in [0.15, 0.2) is 0 Å². The second kappa shape index (κ2) is 16.3. The smallest absolute Gasteiger partial charge is 0.309 e. The topological polar surface area (TPSA) is 95.9 Å². The molecule has 0 aliphatic carbocycles. The number of hydrogen-bond donors (Lipinski definition) is 2. The Morgan fingerprint density at radius 1 is 0.786 bits per heavy atom. The SMILES string of the molecule is O=C1N[C@H](Cc2ccccc2)COC(=O)[C@H](Cc2ccccc2)CC=CC[C@@H]1CC(=O)N(CCO)Cc1ccccc1. The summed E-state index contributed by atoms with van der Waals surface area (Å²) in [5.41, 5.74) is 3.02. The molecular weight excluding hydrogens is 528 g/mol. The highest BCUT2D eigenvalue weighted by Gasteiger charge is 2.28. The van der Waals surface area contributed by atoms with Crippen LogP contribution in [0.5, 0.6) is 0 Å². The molecular formula is C35H40N2O5. The monoisotopic (exact) mass is 568 g/mol. The summed E-state index contributed by atoms with van der Waals surface area (Å²) in [6.45, 7) is 0.423. The summed E-state index contributed by atoms with van der Waals surface area (Å²) in [7, 11) is 0. The number of aliphatic hydroxyl groups is 1. The fourth-order valence-electron chi connectivity index (χ4n) is 5.19. The summed E-state index contributed by atoms with van der Waals surface area (Å²) < 4.78 is 5.80. The Labute approximate surface area is 248 Å². The van der Waals surface area contributed by atoms with Gasteiger partial charge in [-0.05, 0) is 42.4 Å². The van der Waals surface area contributed by atoms with E-state index in [0.29, 0.717) is 32.2 Å². The van der Waals surface area contributed by atoms with Crippen molar-refractivity contribution in [2.75, 3.05) is 19.8 Å². The molecule has 3 aromatic rings. The van der Waals surface area contributed by atoms with Gasteiger partial charge in [0.2, 0.25) is 11.8 Å². The molecule has 4 rings (SSSR count). The molecule has 1 aliphatic heterocycles. The van der Waals surface area contributed by atoms with Gasteiger partial charge < -0.3 is 20.1 Å². The molecule has 2 N–H and O–H groups in total. The lowest BCUT2D eigenvalue weighted by atomic mass is 9.94. The molecule has 0 bridgehead atoms. The molecule has 1 heterocycles. The molecule has 0 fully saturated rings. The lowest BCUT2D eigenvalue weighted by molar-refractivity contribution is -0.150. The second-order valence-electron chi connectivity index (χ2n) is 10.8. The fourth-order valence-corrected chi connectivity index (χ4v) is 5.19. The lowest BCUT2D eigenvalue weighted by Crippen LogP contribution is -2.45. The van der Waals surface area contributed by atoms with E-state index in [1.165, 1.54) is 0 Å². The van der Waals surface area contributed by atoms with Crippen molar-refractivity contribution in [2.45, 2.75) is 44.7 Å². The fraction of sp³-hybridized carbons (Fsp3) is 0.343. The van der Waals surface area contributed by atoms with Gasteiger partial charge in [0, 0.05) is 19.5 Å². The minimum absolute atomic E-state index is 0.00823. The quantitative estimate of drug-likeness (QED) is 0.278. The zero-order valence-corrected chi connectivity index (χ0v) is 23.9. The van der Waals surface area contributed by atoms with Crippen LogP contribution in [0.25, 0.3) is 0 Å². The first kappa shape index (κ1) is 30.7. The summed E-state index contributed by atoms with van der Waals surface area (Å²) in [6, 6.07) is 28.8. The number of amides is 2. The molecule has 0 aromatic heterocycles. The van der Waals surface area contributed by atoms with E-state index in [-0.39, 0.29) is 49.9 Å². The molecule has 1 aliphatic rings. The number of nitrogens with one attached hydrogen (secondary N) is 1. The third-order valence-corrected chi connectivity index (χ3v) is 7.49. The lowest BCUT2D eigenvalue weighted by Gasteiger charge is -2.26. The molecule has 3 atom stereocenters. The van der Waals surface area contributed by atoms with Crippen molar-refractivity contribution < 1.29 is 24.2 Å². The maximum absolute atomic E-state index is 13.6. The van der Waals surface area contributed by atoms with Crippen molar-refractivity contribution in [2.24, 2.45) is 11.8 Å². The molecule has 0 spiro atoms. The summed E-state index contributed by atoms with van der Waals surface area (Å²) in [6.07, 6.45) is 5.70. The van der Waals surface area contributed by atoms with Gasteiger partial charge in [-0.25, -0.2) is 0 Å². The molecule has 0 saturated heterocycles. The Morgan fingerprint density at radius 3 is 1.93 bits per heavy atom. The summed E-state index contributed by atoms with van der Waals surface area (Å²) in [5.74, 6) is -1.70. The first-order valence-corrected chi connectivity index (χ1v) is 14.6. The molecule has 42 heavy (non-hydrogen) atoms. The predicted octanol–water partition coefficient (Wildman–Crippen LogP) is 4.49. The van der Waals surface area contributed by atoms with Crippen LogP contribution in [0.1, 0.15) is 36.0 Å². The number of aliphatic hydroxyl groups excluding tert-OH is 1. The van der Waals surface area contributed by atoms with E-state index in [2.05, 4.69) is 5.32 Å². The normalized spacial score (nSPS) is 19.6. The van der Waals surface area contributed by atoms with Gasteiger partial charge in [-0.15, -0.1) is 0 Å². The summed E-state index contributed by atoms with van der Waals surface area (Å²) >= 11 is 0. The van der Waals surface area contributed by atoms with Gasteiger partial charge >= 0.3 is 5.97 Å². The Bertz CT molecular complexity index is 1300. The third-order valence-electron chi connectivity index (χ3n) is 7.49. The molecule has 3 aromatic carbocycles. The van der Waals surface area contributed by atoms with Crippen LogP contribution in [-0.2, 0) is 38.5 Å². The summed E-state index contributed by atoms with van der Waals surface area (Å²) in [4.78, 5) is 41.8. The predicted molar refractivity (Wildman–Crippen MR) is 162 cm³/mol. The van der Waals surface area contributed by atoms with Gasteiger partial charge in [0.25, 0.3) is 0 Å². The molecule has 2 amide bonds. The van der Waals surface area contributed by atoms with Crippen LogP contribution in [0, 0.1) is 11.8 Å². The Morgan fingerprint density at radius 2 is 1.33 bits per heavy atom. The molecule has 7 nitrogen and oxygen atoms in total. The summed E-state index contributed by atoms with van der Waals surface area (Å²) in [5, 5.41) is 12.7. The average Bonchev–Trinajstić information content (AvgIpc) is 3.01. The van der Waals surface area contributed by atoms with Gasteiger partial charge in [0.1, 0.15) is 6.61 Å². The number of allylic oxidation sites excluding steroid dienone is 2. The van der Waals surface area contributed by atoms with Crippen LogP contribution < -0.4 is 5.32 Å². The van der Waals surface area contributed by atoms with Crippen molar-refractivity contribution in [3.63, 3.8) is 0 Å². The van der Waals surface area contributed by atoms with E-state index >= 15 is 0 Å². The number of nitrogens with zero attached hydrogens (tertiary/aromatic N) is 1. The van der Waals surface area contributed by atoms with Crippen molar-refractivity contribution in [1.82, 2.24) is 10.2 Å². The number of carbonyl (C=O) groups excluding carboxylic acids is 3. The van der Waals surface area contributed by atoms with Crippen LogP contribution >= 0.6 is 0 Å². The van der Waals surface area contributed by atoms with E-state index in [0.717, 1.165) is 16.7 Å². The minimum atomic E-state index is -0.605. The zero-order chi connectivity index (χ0) is 29.6. The van der Waals surface area contributed by atoms with Crippen LogP contribution in [0.4, 0.5) is 0 Å². The number of cyclic esters (lactones) is 1. The highest BCUT2D eigenvalue weighted by atomic mass is 16.5. The van der Waals surface area contributed by atoms with Crippen LogP contribution in [0.15, 0.2) is 103 Å². The average molecular weight is 569 g/mol. The van der Waals surface area contributed by atoms with Crippen molar-refractivity contribution in [1.29, 1.82) is 0 Å². The highest BCUT2D eigenvalue weighted by molar-refractivity contribution is 5.86. The maximum Gasteiger partial charge on any atom is 0.309 e. The zero-order valence-electron chi connectivity index (χ0n) is 23.9. The van der Waals surface area contributed by atoms with Gasteiger partial charge in [0.05, 0.1) is 24.5 Å². The Hall–Kier alpha value is -4.23. The van der Waals surface area contributed by atoms with E-state index in [4.69, 9.17) is 4.74 Å². The molecule has 0 unspecified atom stereocenters. The number of rotatable bonds is 10. The van der Waals surface area contributed by atoms with Crippen molar-refractivity contribution in [3.8, 4) is 0 Å². The largest absolute Gasteiger partial charge is 0.463 e. The van der Waals surface area contributed by atoms with Crippen molar-refractivity contribution in [3.05, 3.63) is 120 Å². The standard InChI is InChI=1S/C35H40N2O5/c38-21-20-37(25-29-16-8-3-9-17-29)33(39)24-30-18-10-11-19-31(22-27-12-4-1-5-13-27)35(41)42-26-32(36-34(30)40)23-28-14-6-2-7-15-28/h1-17,30-32,38H,18-26H2,(H,36,40)/t30-,31+,32-/m1/s1. The molecule has 220 valence electrons. The van der Waals surface area contributed by atoms with Gasteiger partial charge in [-0.1, -0.05) is 103 Å². The van der Waals surface area contributed by atoms with E-state index in [9.17, 15) is 19.5 Å². The number of ether oxygens (including phenoxy) is 1. The first-order valence-electron chi connectivity index (χ1n) is 14.6. The maximum atomic E-state index is 13.6. The number of carbonyl (C=O) groups is 3. The molecule has 0 radical (unpaired) electrons. The number of benzene rings is 3. The minimum Gasteiger partial charge on any atom is -0.463 e. The van der Waals surface area contributed by atoms with Gasteiger partial charge in [-0.2, -0.15) is 0 Å². The first-order chi connectivity index (χ1) is 20.5. The van der Waals surface area contributed by atoms with E-state index in [1.807, 2.05) is 103 Å². The second-order valence-corrected chi connectivity index (χ2v) is 10.8. The van der Waals surface area contributed by atoms with Gasteiger partial charge in [-0.3, -0.25) is 14.4 Å². The van der Waals surface area contributed by atoms with E-state index in [1.54, 1.807) is 4.90 Å². The molecule has 0 saturated carbocycles. The van der Waals surface area contributed by atoms with Crippen LogP contribution in [0.2, 0.25) is 0 Å². The van der Waals surface area contributed by atoms with Crippen molar-refractivity contribution >= 4 is 17.8 Å². The Kier molecular flexibility index (Phi) is 11.9. The number of hydrogen-bond acceptors (Lipinski definition) is 5.